The van der Waals surface area contributed by atoms with E-state index < -0.39 is 10.0 Å². The zero-order chi connectivity index (χ0) is 17.7. The fourth-order valence-corrected chi connectivity index (χ4v) is 3.66. The van der Waals surface area contributed by atoms with Crippen LogP contribution in [0.5, 0.6) is 5.75 Å². The molecule has 1 aliphatic heterocycles. The van der Waals surface area contributed by atoms with Gasteiger partial charge < -0.3 is 10.1 Å². The van der Waals surface area contributed by atoms with Gasteiger partial charge in [-0.3, -0.25) is 4.79 Å². The van der Waals surface area contributed by atoms with E-state index in [9.17, 15) is 13.2 Å². The Morgan fingerprint density at radius 1 is 1.33 bits per heavy atom. The Bertz CT molecular complexity index is 656. The highest BCUT2D eigenvalue weighted by Gasteiger charge is 2.29. The lowest BCUT2D eigenvalue weighted by Crippen LogP contribution is -2.44. The van der Waals surface area contributed by atoms with Gasteiger partial charge in [0.15, 0.2) is 0 Å². The molecule has 7 heteroatoms. The van der Waals surface area contributed by atoms with Crippen LogP contribution in [0.3, 0.4) is 0 Å². The summed E-state index contributed by atoms with van der Waals surface area (Å²) in [6, 6.07) is 7.60. The highest BCUT2D eigenvalue weighted by Crippen LogP contribution is 2.19. The highest BCUT2D eigenvalue weighted by atomic mass is 32.2. The number of amides is 1. The molecule has 1 heterocycles. The topological polar surface area (TPSA) is 75.7 Å². The first kappa shape index (κ1) is 18.7. The van der Waals surface area contributed by atoms with Gasteiger partial charge >= 0.3 is 0 Å². The number of benzene rings is 1. The summed E-state index contributed by atoms with van der Waals surface area (Å²) in [4.78, 5) is 12.3. The summed E-state index contributed by atoms with van der Waals surface area (Å²) in [5, 5.41) is 2.90. The lowest BCUT2D eigenvalue weighted by Gasteiger charge is -2.30. The zero-order valence-electron chi connectivity index (χ0n) is 14.5. The maximum Gasteiger partial charge on any atom is 0.224 e. The molecule has 2 rings (SSSR count). The predicted molar refractivity (Wildman–Crippen MR) is 93.2 cm³/mol. The van der Waals surface area contributed by atoms with Crippen LogP contribution in [-0.2, 0) is 21.4 Å². The molecule has 0 radical (unpaired) electrons. The third-order valence-electron chi connectivity index (χ3n) is 3.99. The van der Waals surface area contributed by atoms with Gasteiger partial charge in [-0.05, 0) is 44.4 Å². The second-order valence-corrected chi connectivity index (χ2v) is 8.47. The molecule has 0 spiro atoms. The first-order valence-electron chi connectivity index (χ1n) is 8.24. The molecule has 0 saturated carbocycles. The van der Waals surface area contributed by atoms with Crippen LogP contribution in [0.1, 0.15) is 32.3 Å². The van der Waals surface area contributed by atoms with Crippen molar-refractivity contribution in [2.75, 3.05) is 19.3 Å². The molecule has 1 saturated heterocycles. The van der Waals surface area contributed by atoms with Crippen molar-refractivity contribution in [1.82, 2.24) is 9.62 Å². The van der Waals surface area contributed by atoms with Gasteiger partial charge in [0.1, 0.15) is 5.75 Å². The van der Waals surface area contributed by atoms with Gasteiger partial charge in [0, 0.05) is 19.6 Å². The molecular formula is C17H26N2O4S. The van der Waals surface area contributed by atoms with Crippen molar-refractivity contribution in [3.8, 4) is 5.75 Å². The van der Waals surface area contributed by atoms with Crippen LogP contribution in [0.25, 0.3) is 0 Å². The molecule has 1 aromatic rings. The summed E-state index contributed by atoms with van der Waals surface area (Å²) in [5.74, 6) is 0.430. The molecule has 1 amide bonds. The largest absolute Gasteiger partial charge is 0.491 e. The minimum Gasteiger partial charge on any atom is -0.491 e. The van der Waals surface area contributed by atoms with Crippen molar-refractivity contribution in [1.29, 1.82) is 0 Å². The minimum atomic E-state index is -3.23. The van der Waals surface area contributed by atoms with Gasteiger partial charge in [-0.25, -0.2) is 12.7 Å². The van der Waals surface area contributed by atoms with Crippen LogP contribution in [0.15, 0.2) is 24.3 Å². The van der Waals surface area contributed by atoms with E-state index >= 15 is 0 Å². The number of rotatable bonds is 6. The Morgan fingerprint density at radius 3 is 2.58 bits per heavy atom. The normalized spacial score (nSPS) is 19.2. The van der Waals surface area contributed by atoms with E-state index in [1.165, 1.54) is 10.6 Å². The van der Waals surface area contributed by atoms with Crippen LogP contribution < -0.4 is 10.1 Å². The molecule has 0 aliphatic carbocycles. The highest BCUT2D eigenvalue weighted by molar-refractivity contribution is 7.88. The fourth-order valence-electron chi connectivity index (χ4n) is 2.75. The number of hydrogen-bond acceptors (Lipinski definition) is 4. The summed E-state index contributed by atoms with van der Waals surface area (Å²) in [6.45, 7) is 5.14. The Balaban J connectivity index is 1.86. The number of ether oxygens (including phenoxy) is 1. The number of nitrogens with zero attached hydrogens (tertiary/aromatic N) is 1. The molecular weight excluding hydrogens is 328 g/mol. The summed E-state index contributed by atoms with van der Waals surface area (Å²) in [5.41, 5.74) is 0.982. The molecule has 1 aromatic carbocycles. The van der Waals surface area contributed by atoms with Gasteiger partial charge in [-0.15, -0.1) is 0 Å². The van der Waals surface area contributed by atoms with Crippen molar-refractivity contribution in [3.05, 3.63) is 29.8 Å². The van der Waals surface area contributed by atoms with Crippen LogP contribution in [-0.4, -0.2) is 44.1 Å². The van der Waals surface area contributed by atoms with Gasteiger partial charge in [-0.1, -0.05) is 12.1 Å². The Kier molecular flexibility index (Phi) is 6.23. The Hall–Kier alpha value is -1.60. The Morgan fingerprint density at radius 2 is 2.00 bits per heavy atom. The molecule has 0 unspecified atom stereocenters. The molecule has 1 aliphatic rings. The molecule has 0 bridgehead atoms. The smallest absolute Gasteiger partial charge is 0.224 e. The van der Waals surface area contributed by atoms with Crippen LogP contribution >= 0.6 is 0 Å². The molecule has 1 N–H and O–H groups in total. The monoisotopic (exact) mass is 354 g/mol. The standard InChI is InChI=1S/C17H26N2O4S/c1-13(2)23-16-8-6-14(7-9-16)11-18-17(20)15-5-4-10-19(12-15)24(3,21)22/h6-9,13,15H,4-5,10-12H2,1-3H3,(H,18,20)/t15-/m1/s1. The molecule has 1 fully saturated rings. The van der Waals surface area contributed by atoms with E-state index in [4.69, 9.17) is 4.74 Å². The SMILES string of the molecule is CC(C)Oc1ccc(CNC(=O)[C@@H]2CCCN(S(C)(=O)=O)C2)cc1. The summed E-state index contributed by atoms with van der Waals surface area (Å²) in [7, 11) is -3.23. The van der Waals surface area contributed by atoms with Crippen molar-refractivity contribution < 1.29 is 17.9 Å². The molecule has 0 aromatic heterocycles. The van der Waals surface area contributed by atoms with E-state index in [0.29, 0.717) is 19.5 Å². The minimum absolute atomic E-state index is 0.0918. The van der Waals surface area contributed by atoms with E-state index in [0.717, 1.165) is 17.7 Å². The lowest BCUT2D eigenvalue weighted by atomic mass is 9.99. The second kappa shape index (κ2) is 7.98. The van der Waals surface area contributed by atoms with E-state index in [2.05, 4.69) is 5.32 Å². The molecule has 1 atom stereocenters. The van der Waals surface area contributed by atoms with Crippen molar-refractivity contribution in [2.24, 2.45) is 5.92 Å². The number of hydrogen-bond donors (Lipinski definition) is 1. The van der Waals surface area contributed by atoms with E-state index in [-0.39, 0.29) is 24.5 Å². The van der Waals surface area contributed by atoms with Crippen molar-refractivity contribution >= 4 is 15.9 Å². The van der Waals surface area contributed by atoms with Crippen LogP contribution in [0.2, 0.25) is 0 Å². The van der Waals surface area contributed by atoms with E-state index in [1.807, 2.05) is 38.1 Å². The average molecular weight is 354 g/mol. The quantitative estimate of drug-likeness (QED) is 0.845. The number of carbonyl (C=O) groups excluding carboxylic acids is 1. The zero-order valence-corrected chi connectivity index (χ0v) is 15.3. The number of carbonyl (C=O) groups is 1. The average Bonchev–Trinajstić information content (AvgIpc) is 2.53. The first-order chi connectivity index (χ1) is 11.3. The van der Waals surface area contributed by atoms with Gasteiger partial charge in [0.25, 0.3) is 0 Å². The number of sulfonamides is 1. The third kappa shape index (κ3) is 5.49. The van der Waals surface area contributed by atoms with Gasteiger partial charge in [0.2, 0.25) is 15.9 Å². The summed E-state index contributed by atoms with van der Waals surface area (Å²) in [6.07, 6.45) is 2.75. The molecule has 134 valence electrons. The molecule has 6 nitrogen and oxygen atoms in total. The fraction of sp³-hybridized carbons (Fsp3) is 0.588. The van der Waals surface area contributed by atoms with Gasteiger partial charge in [-0.2, -0.15) is 0 Å². The van der Waals surface area contributed by atoms with Crippen molar-refractivity contribution in [2.45, 2.75) is 39.3 Å². The Labute approximate surface area is 144 Å². The maximum atomic E-state index is 12.3. The number of piperidine rings is 1. The predicted octanol–water partition coefficient (Wildman–Crippen LogP) is 1.76. The summed E-state index contributed by atoms with van der Waals surface area (Å²) < 4.78 is 30.2. The third-order valence-corrected chi connectivity index (χ3v) is 5.26. The second-order valence-electron chi connectivity index (χ2n) is 6.49. The maximum absolute atomic E-state index is 12.3. The van der Waals surface area contributed by atoms with Crippen LogP contribution in [0, 0.1) is 5.92 Å². The van der Waals surface area contributed by atoms with E-state index in [1.54, 1.807) is 0 Å². The van der Waals surface area contributed by atoms with Crippen molar-refractivity contribution in [3.63, 3.8) is 0 Å². The van der Waals surface area contributed by atoms with Crippen LogP contribution in [0.4, 0.5) is 0 Å². The first-order valence-corrected chi connectivity index (χ1v) is 10.1. The number of nitrogens with one attached hydrogen (secondary N) is 1. The molecule has 24 heavy (non-hydrogen) atoms. The summed E-state index contributed by atoms with van der Waals surface area (Å²) >= 11 is 0. The van der Waals surface area contributed by atoms with Gasteiger partial charge in [0.05, 0.1) is 18.3 Å². The lowest BCUT2D eigenvalue weighted by molar-refractivity contribution is -0.126.